The number of rotatable bonds is 1. The van der Waals surface area contributed by atoms with Crippen molar-refractivity contribution in [3.05, 3.63) is 23.5 Å². The van der Waals surface area contributed by atoms with Gasteiger partial charge in [0.25, 0.3) is 0 Å². The van der Waals surface area contributed by atoms with Crippen LogP contribution in [0.1, 0.15) is 19.8 Å². The molecule has 1 nitrogen and oxygen atoms in total. The van der Waals surface area contributed by atoms with Gasteiger partial charge in [-0.05, 0) is 12.5 Å². The van der Waals surface area contributed by atoms with E-state index in [0.29, 0.717) is 5.76 Å². The standard InChI is InChI=1S/C7H10O/c1-2-6-3-4-7(8)5-6/h3-4,8H,2,5H2,1H3. The highest BCUT2D eigenvalue weighted by Crippen LogP contribution is 2.18. The van der Waals surface area contributed by atoms with Crippen LogP contribution in [0.2, 0.25) is 0 Å². The van der Waals surface area contributed by atoms with E-state index < -0.39 is 0 Å². The Kier molecular flexibility index (Phi) is 1.38. The van der Waals surface area contributed by atoms with Crippen LogP contribution in [-0.2, 0) is 0 Å². The Bertz CT molecular complexity index is 142. The van der Waals surface area contributed by atoms with Crippen molar-refractivity contribution in [1.82, 2.24) is 0 Å². The van der Waals surface area contributed by atoms with E-state index in [1.54, 1.807) is 6.08 Å². The lowest BCUT2D eigenvalue weighted by Gasteiger charge is -1.92. The van der Waals surface area contributed by atoms with Crippen LogP contribution in [0.3, 0.4) is 0 Å². The van der Waals surface area contributed by atoms with Crippen LogP contribution in [0.5, 0.6) is 0 Å². The minimum absolute atomic E-state index is 0.502. The zero-order valence-corrected chi connectivity index (χ0v) is 5.02. The molecule has 0 fully saturated rings. The molecular formula is C7H10O. The molecule has 44 valence electrons. The Balaban J connectivity index is 2.49. The summed E-state index contributed by atoms with van der Waals surface area (Å²) in [6, 6.07) is 0. The number of aliphatic hydroxyl groups excluding tert-OH is 1. The number of hydrogen-bond donors (Lipinski definition) is 1. The van der Waals surface area contributed by atoms with Gasteiger partial charge in [-0.3, -0.25) is 0 Å². The van der Waals surface area contributed by atoms with Gasteiger partial charge in [0.1, 0.15) is 0 Å². The molecule has 1 rings (SSSR count). The van der Waals surface area contributed by atoms with Crippen molar-refractivity contribution in [2.45, 2.75) is 19.8 Å². The Morgan fingerprint density at radius 3 is 2.62 bits per heavy atom. The van der Waals surface area contributed by atoms with Gasteiger partial charge >= 0.3 is 0 Å². The van der Waals surface area contributed by atoms with Crippen LogP contribution >= 0.6 is 0 Å². The minimum Gasteiger partial charge on any atom is -0.512 e. The average molecular weight is 110 g/mol. The lowest BCUT2D eigenvalue weighted by molar-refractivity contribution is 0.401. The molecule has 0 saturated carbocycles. The van der Waals surface area contributed by atoms with Gasteiger partial charge < -0.3 is 5.11 Å². The van der Waals surface area contributed by atoms with Crippen molar-refractivity contribution in [1.29, 1.82) is 0 Å². The van der Waals surface area contributed by atoms with E-state index in [0.717, 1.165) is 12.8 Å². The highest BCUT2D eigenvalue weighted by molar-refractivity contribution is 5.25. The van der Waals surface area contributed by atoms with Crippen LogP contribution in [0, 0.1) is 0 Å². The highest BCUT2D eigenvalue weighted by atomic mass is 16.3. The van der Waals surface area contributed by atoms with E-state index in [9.17, 15) is 0 Å². The predicted molar refractivity (Wildman–Crippen MR) is 33.7 cm³/mol. The first-order chi connectivity index (χ1) is 3.83. The summed E-state index contributed by atoms with van der Waals surface area (Å²) in [4.78, 5) is 0. The van der Waals surface area contributed by atoms with E-state index in [1.807, 2.05) is 6.08 Å². The average Bonchev–Trinajstić information content (AvgIpc) is 2.14. The van der Waals surface area contributed by atoms with Gasteiger partial charge in [0.05, 0.1) is 5.76 Å². The van der Waals surface area contributed by atoms with Crippen LogP contribution in [0.4, 0.5) is 0 Å². The molecule has 8 heavy (non-hydrogen) atoms. The summed E-state index contributed by atoms with van der Waals surface area (Å²) in [6.45, 7) is 2.10. The topological polar surface area (TPSA) is 20.2 Å². The molecule has 0 aromatic heterocycles. The van der Waals surface area contributed by atoms with E-state index >= 15 is 0 Å². The van der Waals surface area contributed by atoms with Crippen molar-refractivity contribution in [2.24, 2.45) is 0 Å². The zero-order valence-electron chi connectivity index (χ0n) is 5.02. The van der Waals surface area contributed by atoms with Gasteiger partial charge in [-0.1, -0.05) is 18.6 Å². The van der Waals surface area contributed by atoms with Crippen molar-refractivity contribution in [3.63, 3.8) is 0 Å². The second-order valence-electron chi connectivity index (χ2n) is 2.01. The fourth-order valence-corrected chi connectivity index (χ4v) is 0.807. The molecular weight excluding hydrogens is 100 g/mol. The molecule has 1 aliphatic rings. The second kappa shape index (κ2) is 2.03. The Hall–Kier alpha value is -0.720. The first kappa shape index (κ1) is 5.42. The highest BCUT2D eigenvalue weighted by Gasteiger charge is 2.02. The number of allylic oxidation sites excluding steroid dienone is 3. The third kappa shape index (κ3) is 0.915. The van der Waals surface area contributed by atoms with E-state index in [-0.39, 0.29) is 0 Å². The Labute approximate surface area is 49.3 Å². The molecule has 0 unspecified atom stereocenters. The fraction of sp³-hybridized carbons (Fsp3) is 0.429. The van der Waals surface area contributed by atoms with Crippen molar-refractivity contribution in [3.8, 4) is 0 Å². The first-order valence-electron chi connectivity index (χ1n) is 2.90. The second-order valence-corrected chi connectivity index (χ2v) is 2.01. The van der Waals surface area contributed by atoms with Gasteiger partial charge in [0.15, 0.2) is 0 Å². The Morgan fingerprint density at radius 1 is 1.62 bits per heavy atom. The van der Waals surface area contributed by atoms with E-state index in [2.05, 4.69) is 6.92 Å². The summed E-state index contributed by atoms with van der Waals surface area (Å²) >= 11 is 0. The molecule has 0 amide bonds. The fourth-order valence-electron chi connectivity index (χ4n) is 0.807. The summed E-state index contributed by atoms with van der Waals surface area (Å²) < 4.78 is 0. The van der Waals surface area contributed by atoms with Crippen LogP contribution in [0.15, 0.2) is 23.5 Å². The molecule has 0 saturated heterocycles. The zero-order chi connectivity index (χ0) is 5.98. The van der Waals surface area contributed by atoms with Gasteiger partial charge in [-0.15, -0.1) is 0 Å². The quantitative estimate of drug-likeness (QED) is 0.548. The molecule has 0 radical (unpaired) electrons. The van der Waals surface area contributed by atoms with Crippen molar-refractivity contribution in [2.75, 3.05) is 0 Å². The number of aliphatic hydroxyl groups is 1. The van der Waals surface area contributed by atoms with Gasteiger partial charge in [-0.25, -0.2) is 0 Å². The van der Waals surface area contributed by atoms with E-state index in [4.69, 9.17) is 5.11 Å². The maximum atomic E-state index is 8.84. The monoisotopic (exact) mass is 110 g/mol. The molecule has 0 spiro atoms. The third-order valence-corrected chi connectivity index (χ3v) is 1.37. The van der Waals surface area contributed by atoms with Crippen molar-refractivity contribution < 1.29 is 5.11 Å². The molecule has 0 atom stereocenters. The van der Waals surface area contributed by atoms with Gasteiger partial charge in [0.2, 0.25) is 0 Å². The van der Waals surface area contributed by atoms with Crippen LogP contribution in [0.25, 0.3) is 0 Å². The van der Waals surface area contributed by atoms with Crippen LogP contribution in [-0.4, -0.2) is 5.11 Å². The molecule has 0 aromatic carbocycles. The number of hydrogen-bond acceptors (Lipinski definition) is 1. The first-order valence-corrected chi connectivity index (χ1v) is 2.90. The van der Waals surface area contributed by atoms with Crippen LogP contribution < -0.4 is 0 Å². The summed E-state index contributed by atoms with van der Waals surface area (Å²) in [7, 11) is 0. The maximum Gasteiger partial charge on any atom is 0.0963 e. The lowest BCUT2D eigenvalue weighted by atomic mass is 10.2. The molecule has 0 bridgehead atoms. The molecule has 0 aromatic rings. The van der Waals surface area contributed by atoms with Gasteiger partial charge in [0, 0.05) is 6.42 Å². The molecule has 1 N–H and O–H groups in total. The largest absolute Gasteiger partial charge is 0.512 e. The van der Waals surface area contributed by atoms with Crippen molar-refractivity contribution >= 4 is 0 Å². The smallest absolute Gasteiger partial charge is 0.0963 e. The molecule has 0 heterocycles. The lowest BCUT2D eigenvalue weighted by Crippen LogP contribution is -1.76. The van der Waals surface area contributed by atoms with Gasteiger partial charge in [-0.2, -0.15) is 0 Å². The summed E-state index contributed by atoms with van der Waals surface area (Å²) in [5.74, 6) is 0.502. The molecule has 1 heteroatoms. The van der Waals surface area contributed by atoms with E-state index in [1.165, 1.54) is 5.57 Å². The molecule has 1 aliphatic carbocycles. The summed E-state index contributed by atoms with van der Waals surface area (Å²) in [6.07, 6.45) is 5.57. The third-order valence-electron chi connectivity index (χ3n) is 1.37. The summed E-state index contributed by atoms with van der Waals surface area (Å²) in [5.41, 5.74) is 1.32. The normalized spacial score (nSPS) is 18.1. The minimum atomic E-state index is 0.502. The summed E-state index contributed by atoms with van der Waals surface area (Å²) in [5, 5.41) is 8.84. The Morgan fingerprint density at radius 2 is 2.38 bits per heavy atom. The predicted octanol–water partition coefficient (Wildman–Crippen LogP) is 2.17. The SMILES string of the molecule is CCC1=CC=C(O)C1. The maximum absolute atomic E-state index is 8.84. The molecule has 0 aliphatic heterocycles.